The molecule has 1 amide bonds. The van der Waals surface area contributed by atoms with Crippen LogP contribution in [0, 0.1) is 6.92 Å². The molecule has 3 heterocycles. The van der Waals surface area contributed by atoms with E-state index in [1.165, 1.54) is 17.5 Å². The Hall–Kier alpha value is -3.47. The summed E-state index contributed by atoms with van der Waals surface area (Å²) in [5.41, 5.74) is 4.30. The highest BCUT2D eigenvalue weighted by molar-refractivity contribution is 7.15. The van der Waals surface area contributed by atoms with Crippen molar-refractivity contribution < 1.29 is 4.79 Å². The molecule has 146 valence electrons. The van der Waals surface area contributed by atoms with E-state index in [0.29, 0.717) is 11.3 Å². The van der Waals surface area contributed by atoms with Gasteiger partial charge in [-0.3, -0.25) is 4.79 Å². The van der Waals surface area contributed by atoms with Gasteiger partial charge in [-0.25, -0.2) is 4.68 Å². The summed E-state index contributed by atoms with van der Waals surface area (Å²) >= 11 is 1.60. The lowest BCUT2D eigenvalue weighted by Gasteiger charge is -2.14. The number of benzene rings is 1. The predicted octanol–water partition coefficient (Wildman–Crippen LogP) is 2.14. The van der Waals surface area contributed by atoms with Gasteiger partial charge >= 0.3 is 0 Å². The molecule has 5 rings (SSSR count). The molecule has 0 bridgehead atoms. The fourth-order valence-corrected chi connectivity index (χ4v) is 4.96. The normalized spacial score (nSPS) is 13.3. The number of hydrogen-bond donors (Lipinski definition) is 1. The number of carbonyl (C=O) groups excluding carboxylic acids is 1. The maximum Gasteiger partial charge on any atom is 0.259 e. The molecule has 11 heteroatoms. The first-order valence-corrected chi connectivity index (χ1v) is 10.1. The Bertz CT molecular complexity index is 1160. The second kappa shape index (κ2) is 7.17. The van der Waals surface area contributed by atoms with E-state index < -0.39 is 0 Å². The quantitative estimate of drug-likeness (QED) is 0.551. The average molecular weight is 407 g/mol. The molecule has 1 aromatic carbocycles. The van der Waals surface area contributed by atoms with Gasteiger partial charge in [-0.15, -0.1) is 21.5 Å². The lowest BCUT2D eigenvalue weighted by Crippen LogP contribution is -2.17. The number of tetrazole rings is 2. The average Bonchev–Trinajstić information content (AvgIpc) is 3.47. The van der Waals surface area contributed by atoms with Crippen LogP contribution in [0.15, 0.2) is 30.9 Å². The molecule has 0 aliphatic heterocycles. The first kappa shape index (κ1) is 17.6. The molecule has 1 aliphatic carbocycles. The van der Waals surface area contributed by atoms with Gasteiger partial charge in [0.1, 0.15) is 17.7 Å². The van der Waals surface area contributed by atoms with Crippen molar-refractivity contribution in [2.24, 2.45) is 0 Å². The van der Waals surface area contributed by atoms with Crippen molar-refractivity contribution in [3.63, 3.8) is 0 Å². The van der Waals surface area contributed by atoms with E-state index in [1.807, 2.05) is 25.1 Å². The van der Waals surface area contributed by atoms with E-state index in [0.717, 1.165) is 47.5 Å². The predicted molar refractivity (Wildman–Crippen MR) is 106 cm³/mol. The zero-order chi connectivity index (χ0) is 19.8. The standard InChI is InChI=1S/C18H17N9OS/c1-11-8-12(6-7-14(11)26-9-19-22-24-26)21-17(28)16-13-4-2-3-5-15(13)29-18(16)27-10-20-23-25-27/h6-10H,2-5H2,1H3,(H,21,28). The van der Waals surface area contributed by atoms with Crippen LogP contribution in [0.3, 0.4) is 0 Å². The van der Waals surface area contributed by atoms with Gasteiger partial charge in [0.15, 0.2) is 0 Å². The minimum absolute atomic E-state index is 0.149. The van der Waals surface area contributed by atoms with Gasteiger partial charge in [-0.1, -0.05) is 0 Å². The van der Waals surface area contributed by atoms with Crippen LogP contribution in [-0.2, 0) is 12.8 Å². The number of fused-ring (bicyclic) bond motifs is 1. The fraction of sp³-hybridized carbons (Fsp3) is 0.278. The van der Waals surface area contributed by atoms with Gasteiger partial charge in [0, 0.05) is 10.6 Å². The summed E-state index contributed by atoms with van der Waals surface area (Å²) in [5.74, 6) is -0.149. The molecule has 0 radical (unpaired) electrons. The van der Waals surface area contributed by atoms with Crippen LogP contribution >= 0.6 is 11.3 Å². The van der Waals surface area contributed by atoms with Crippen LogP contribution in [0.2, 0.25) is 0 Å². The van der Waals surface area contributed by atoms with E-state index in [-0.39, 0.29) is 5.91 Å². The number of carbonyl (C=O) groups is 1. The van der Waals surface area contributed by atoms with E-state index in [2.05, 4.69) is 36.4 Å². The third-order valence-electron chi connectivity index (χ3n) is 4.99. The molecule has 3 aromatic heterocycles. The molecule has 0 spiro atoms. The zero-order valence-corrected chi connectivity index (χ0v) is 16.4. The van der Waals surface area contributed by atoms with Gasteiger partial charge in [-0.2, -0.15) is 4.68 Å². The summed E-state index contributed by atoms with van der Waals surface area (Å²) in [4.78, 5) is 14.5. The summed E-state index contributed by atoms with van der Waals surface area (Å²) in [6.45, 7) is 1.95. The van der Waals surface area contributed by atoms with Gasteiger partial charge in [0.25, 0.3) is 5.91 Å². The first-order valence-electron chi connectivity index (χ1n) is 9.24. The van der Waals surface area contributed by atoms with E-state index in [4.69, 9.17) is 0 Å². The number of aromatic nitrogens is 8. The van der Waals surface area contributed by atoms with E-state index in [9.17, 15) is 4.79 Å². The van der Waals surface area contributed by atoms with Crippen molar-refractivity contribution in [1.29, 1.82) is 0 Å². The lowest BCUT2D eigenvalue weighted by molar-refractivity contribution is 0.102. The molecule has 0 saturated heterocycles. The second-order valence-electron chi connectivity index (χ2n) is 6.86. The highest BCUT2D eigenvalue weighted by Crippen LogP contribution is 2.37. The smallest absolute Gasteiger partial charge is 0.259 e. The molecule has 0 saturated carbocycles. The highest BCUT2D eigenvalue weighted by Gasteiger charge is 2.27. The number of nitrogens with zero attached hydrogens (tertiary/aromatic N) is 8. The molecule has 1 N–H and O–H groups in total. The number of amides is 1. The molecule has 0 fully saturated rings. The number of rotatable bonds is 4. The maximum absolute atomic E-state index is 13.3. The molecule has 0 atom stereocenters. The third kappa shape index (κ3) is 3.18. The van der Waals surface area contributed by atoms with Gasteiger partial charge in [-0.05, 0) is 82.8 Å². The van der Waals surface area contributed by atoms with Crippen LogP contribution in [0.25, 0.3) is 10.7 Å². The van der Waals surface area contributed by atoms with E-state index in [1.54, 1.807) is 20.7 Å². The summed E-state index contributed by atoms with van der Waals surface area (Å²) in [7, 11) is 0. The minimum Gasteiger partial charge on any atom is -0.322 e. The number of hydrogen-bond acceptors (Lipinski definition) is 8. The SMILES string of the molecule is Cc1cc(NC(=O)c2c(-n3cnnn3)sc3c2CCCC3)ccc1-n1cnnn1. The first-order chi connectivity index (χ1) is 14.2. The Labute approximate surface area is 169 Å². The van der Waals surface area contributed by atoms with Gasteiger partial charge in [0.05, 0.1) is 11.3 Å². The van der Waals surface area contributed by atoms with Crippen LogP contribution < -0.4 is 5.32 Å². The van der Waals surface area contributed by atoms with E-state index >= 15 is 0 Å². The highest BCUT2D eigenvalue weighted by atomic mass is 32.1. The summed E-state index contributed by atoms with van der Waals surface area (Å²) in [6.07, 6.45) is 7.17. The minimum atomic E-state index is -0.149. The summed E-state index contributed by atoms with van der Waals surface area (Å²) in [5, 5.41) is 26.5. The van der Waals surface area contributed by atoms with Gasteiger partial charge in [0.2, 0.25) is 0 Å². The van der Waals surface area contributed by atoms with Crippen LogP contribution in [0.5, 0.6) is 0 Å². The monoisotopic (exact) mass is 407 g/mol. The lowest BCUT2D eigenvalue weighted by atomic mass is 9.95. The largest absolute Gasteiger partial charge is 0.322 e. The second-order valence-corrected chi connectivity index (χ2v) is 7.94. The number of nitrogens with one attached hydrogen (secondary N) is 1. The Balaban J connectivity index is 1.48. The fourth-order valence-electron chi connectivity index (χ4n) is 3.66. The Morgan fingerprint density at radius 3 is 2.55 bits per heavy atom. The topological polar surface area (TPSA) is 116 Å². The maximum atomic E-state index is 13.3. The molecule has 29 heavy (non-hydrogen) atoms. The Kier molecular flexibility index (Phi) is 4.35. The van der Waals surface area contributed by atoms with Crippen molar-refractivity contribution in [2.75, 3.05) is 5.32 Å². The van der Waals surface area contributed by atoms with Crippen molar-refractivity contribution in [3.05, 3.63) is 52.4 Å². The molecule has 0 unspecified atom stereocenters. The number of anilines is 1. The molecule has 1 aliphatic rings. The third-order valence-corrected chi connectivity index (χ3v) is 6.27. The number of aryl methyl sites for hydroxylation is 2. The van der Waals surface area contributed by atoms with Crippen molar-refractivity contribution >= 4 is 22.9 Å². The number of thiophene rings is 1. The molecule has 10 nitrogen and oxygen atoms in total. The van der Waals surface area contributed by atoms with Crippen LogP contribution in [0.1, 0.15) is 39.2 Å². The molecule has 4 aromatic rings. The Morgan fingerprint density at radius 2 is 1.83 bits per heavy atom. The van der Waals surface area contributed by atoms with Crippen molar-refractivity contribution in [1.82, 2.24) is 40.4 Å². The Morgan fingerprint density at radius 1 is 1.07 bits per heavy atom. The van der Waals surface area contributed by atoms with Crippen LogP contribution in [0.4, 0.5) is 5.69 Å². The molecular formula is C18H17N9OS. The van der Waals surface area contributed by atoms with Crippen molar-refractivity contribution in [2.45, 2.75) is 32.6 Å². The zero-order valence-electron chi connectivity index (χ0n) is 15.6. The van der Waals surface area contributed by atoms with Gasteiger partial charge < -0.3 is 5.32 Å². The summed E-state index contributed by atoms with van der Waals surface area (Å²) < 4.78 is 3.16. The molecular weight excluding hydrogens is 390 g/mol. The van der Waals surface area contributed by atoms with Crippen LogP contribution in [-0.4, -0.2) is 46.3 Å². The summed E-state index contributed by atoms with van der Waals surface area (Å²) in [6, 6.07) is 5.63. The van der Waals surface area contributed by atoms with Crippen molar-refractivity contribution in [3.8, 4) is 10.7 Å².